The van der Waals surface area contributed by atoms with E-state index in [0.717, 1.165) is 30.4 Å². The Morgan fingerprint density at radius 1 is 1.38 bits per heavy atom. The maximum absolute atomic E-state index is 5.83. The normalized spacial score (nSPS) is 12.1. The van der Waals surface area contributed by atoms with Crippen LogP contribution in [0.4, 0.5) is 11.6 Å². The molecule has 2 aromatic rings. The topological polar surface area (TPSA) is 48.3 Å². The lowest BCUT2D eigenvalue weighted by atomic mass is 10.3. The zero-order valence-corrected chi connectivity index (χ0v) is 12.9. The third kappa shape index (κ3) is 4.49. The summed E-state index contributed by atoms with van der Waals surface area (Å²) in [4.78, 5) is 4.33. The van der Waals surface area contributed by atoms with Gasteiger partial charge in [-0.3, -0.25) is 0 Å². The Hall–Kier alpha value is -2.01. The maximum Gasteiger partial charge on any atom is 0.207 e. The molecule has 1 unspecified atom stereocenters. The third-order valence-corrected chi connectivity index (χ3v) is 3.25. The second-order valence-corrected chi connectivity index (χ2v) is 4.93. The summed E-state index contributed by atoms with van der Waals surface area (Å²) in [5, 5.41) is 3.31. The minimum Gasteiger partial charge on any atom is -0.491 e. The fourth-order valence-electron chi connectivity index (χ4n) is 1.90. The van der Waals surface area contributed by atoms with Gasteiger partial charge in [0.2, 0.25) is 5.95 Å². The Morgan fingerprint density at radius 3 is 3.00 bits per heavy atom. The number of nitrogens with one attached hydrogen (secondary N) is 1. The Balaban J connectivity index is 2.06. The quantitative estimate of drug-likeness (QED) is 0.808. The van der Waals surface area contributed by atoms with Crippen molar-refractivity contribution in [2.75, 3.05) is 19.0 Å². The number of rotatable bonds is 8. The lowest BCUT2D eigenvalue weighted by Crippen LogP contribution is -2.10. The van der Waals surface area contributed by atoms with E-state index < -0.39 is 0 Å². The van der Waals surface area contributed by atoms with E-state index in [2.05, 4.69) is 24.1 Å². The van der Waals surface area contributed by atoms with E-state index in [0.29, 0.717) is 6.61 Å². The first-order valence-corrected chi connectivity index (χ1v) is 7.26. The zero-order chi connectivity index (χ0) is 15.1. The predicted octanol–water partition coefficient (Wildman–Crippen LogP) is 3.45. The number of ether oxygens (including phenoxy) is 2. The van der Waals surface area contributed by atoms with Gasteiger partial charge in [-0.15, -0.1) is 0 Å². The molecule has 5 nitrogen and oxygen atoms in total. The van der Waals surface area contributed by atoms with Crippen LogP contribution >= 0.6 is 0 Å². The van der Waals surface area contributed by atoms with Crippen molar-refractivity contribution in [2.45, 2.75) is 32.9 Å². The van der Waals surface area contributed by atoms with Crippen LogP contribution in [0, 0.1) is 0 Å². The Labute approximate surface area is 125 Å². The second-order valence-electron chi connectivity index (χ2n) is 4.93. The first-order valence-electron chi connectivity index (χ1n) is 7.26. The Bertz CT molecular complexity index is 554. The first-order chi connectivity index (χ1) is 10.2. The van der Waals surface area contributed by atoms with Gasteiger partial charge in [-0.25, -0.2) is 4.98 Å². The van der Waals surface area contributed by atoms with Crippen LogP contribution in [-0.2, 0) is 11.3 Å². The molecule has 0 saturated heterocycles. The highest BCUT2D eigenvalue weighted by Crippen LogP contribution is 2.22. The number of anilines is 2. The summed E-state index contributed by atoms with van der Waals surface area (Å²) in [6.45, 7) is 5.60. The molecule has 0 aliphatic rings. The highest BCUT2D eigenvalue weighted by Gasteiger charge is 2.05. The van der Waals surface area contributed by atoms with Gasteiger partial charge in [0.05, 0.1) is 12.7 Å². The summed E-state index contributed by atoms with van der Waals surface area (Å²) in [6, 6.07) is 7.93. The molecule has 0 bridgehead atoms. The SMILES string of the molecule is CCC(C)Oc1cccc(Nc2nccn2CCOC)c1. The third-order valence-electron chi connectivity index (χ3n) is 3.25. The average Bonchev–Trinajstić information content (AvgIpc) is 2.92. The van der Waals surface area contributed by atoms with Gasteiger partial charge in [0, 0.05) is 37.8 Å². The minimum atomic E-state index is 0.212. The second kappa shape index (κ2) is 7.69. The number of hydrogen-bond donors (Lipinski definition) is 1. The van der Waals surface area contributed by atoms with Crippen LogP contribution in [0.5, 0.6) is 5.75 Å². The van der Waals surface area contributed by atoms with Crippen molar-refractivity contribution in [1.29, 1.82) is 0 Å². The van der Waals surface area contributed by atoms with E-state index in [4.69, 9.17) is 9.47 Å². The Morgan fingerprint density at radius 2 is 2.24 bits per heavy atom. The highest BCUT2D eigenvalue weighted by atomic mass is 16.5. The minimum absolute atomic E-state index is 0.212. The number of imidazole rings is 1. The van der Waals surface area contributed by atoms with Gasteiger partial charge >= 0.3 is 0 Å². The molecule has 0 aliphatic carbocycles. The van der Waals surface area contributed by atoms with Crippen LogP contribution < -0.4 is 10.1 Å². The summed E-state index contributed by atoms with van der Waals surface area (Å²) < 4.78 is 12.9. The van der Waals surface area contributed by atoms with Gasteiger partial charge in [-0.2, -0.15) is 0 Å². The van der Waals surface area contributed by atoms with Crippen molar-refractivity contribution in [3.8, 4) is 5.75 Å². The molecular weight excluding hydrogens is 266 g/mol. The van der Waals surface area contributed by atoms with Gasteiger partial charge in [0.1, 0.15) is 5.75 Å². The molecule has 0 saturated carbocycles. The predicted molar refractivity (Wildman–Crippen MR) is 84.2 cm³/mol. The van der Waals surface area contributed by atoms with Crippen LogP contribution in [0.2, 0.25) is 0 Å². The monoisotopic (exact) mass is 289 g/mol. The van der Waals surface area contributed by atoms with Gasteiger partial charge < -0.3 is 19.4 Å². The molecule has 0 spiro atoms. The molecule has 1 atom stereocenters. The van der Waals surface area contributed by atoms with Crippen molar-refractivity contribution in [2.24, 2.45) is 0 Å². The van der Waals surface area contributed by atoms with E-state index in [-0.39, 0.29) is 6.10 Å². The molecule has 1 N–H and O–H groups in total. The van der Waals surface area contributed by atoms with Crippen LogP contribution in [0.1, 0.15) is 20.3 Å². The van der Waals surface area contributed by atoms with Crippen LogP contribution in [-0.4, -0.2) is 29.4 Å². The molecule has 2 rings (SSSR count). The van der Waals surface area contributed by atoms with Crippen LogP contribution in [0.25, 0.3) is 0 Å². The maximum atomic E-state index is 5.83. The largest absolute Gasteiger partial charge is 0.491 e. The summed E-state index contributed by atoms with van der Waals surface area (Å²) >= 11 is 0. The smallest absolute Gasteiger partial charge is 0.207 e. The van der Waals surface area contributed by atoms with Crippen LogP contribution in [0.3, 0.4) is 0 Å². The van der Waals surface area contributed by atoms with Gasteiger partial charge in [0.15, 0.2) is 0 Å². The van der Waals surface area contributed by atoms with Crippen molar-refractivity contribution >= 4 is 11.6 Å². The summed E-state index contributed by atoms with van der Waals surface area (Å²) in [5.74, 6) is 1.66. The van der Waals surface area contributed by atoms with Gasteiger partial charge in [0.25, 0.3) is 0 Å². The summed E-state index contributed by atoms with van der Waals surface area (Å²) in [7, 11) is 1.69. The number of aromatic nitrogens is 2. The van der Waals surface area contributed by atoms with Crippen molar-refractivity contribution in [3.63, 3.8) is 0 Å². The van der Waals surface area contributed by atoms with E-state index in [1.165, 1.54) is 0 Å². The van der Waals surface area contributed by atoms with E-state index in [9.17, 15) is 0 Å². The first kappa shape index (κ1) is 15.4. The number of benzene rings is 1. The summed E-state index contributed by atoms with van der Waals surface area (Å²) in [6.07, 6.45) is 4.90. The van der Waals surface area contributed by atoms with Crippen molar-refractivity contribution in [3.05, 3.63) is 36.7 Å². The molecule has 0 amide bonds. The van der Waals surface area contributed by atoms with Crippen molar-refractivity contribution in [1.82, 2.24) is 9.55 Å². The fraction of sp³-hybridized carbons (Fsp3) is 0.438. The molecule has 5 heteroatoms. The van der Waals surface area contributed by atoms with E-state index in [1.54, 1.807) is 13.3 Å². The molecule has 114 valence electrons. The number of methoxy groups -OCH3 is 1. The van der Waals surface area contributed by atoms with E-state index in [1.807, 2.05) is 35.0 Å². The molecule has 0 radical (unpaired) electrons. The molecule has 1 aromatic heterocycles. The molecule has 1 aromatic carbocycles. The highest BCUT2D eigenvalue weighted by molar-refractivity contribution is 5.56. The van der Waals surface area contributed by atoms with Gasteiger partial charge in [-0.05, 0) is 25.5 Å². The average molecular weight is 289 g/mol. The van der Waals surface area contributed by atoms with Gasteiger partial charge in [-0.1, -0.05) is 13.0 Å². The number of hydrogen-bond acceptors (Lipinski definition) is 4. The fourth-order valence-corrected chi connectivity index (χ4v) is 1.90. The lowest BCUT2D eigenvalue weighted by molar-refractivity contribution is 0.188. The van der Waals surface area contributed by atoms with Crippen molar-refractivity contribution < 1.29 is 9.47 Å². The standard InChI is InChI=1S/C16H23N3O2/c1-4-13(2)21-15-7-5-6-14(12-15)18-16-17-8-9-19(16)10-11-20-3/h5-9,12-13H,4,10-11H2,1-3H3,(H,17,18). The molecule has 1 heterocycles. The van der Waals surface area contributed by atoms with E-state index >= 15 is 0 Å². The lowest BCUT2D eigenvalue weighted by Gasteiger charge is -2.14. The number of nitrogens with zero attached hydrogens (tertiary/aromatic N) is 2. The molecule has 21 heavy (non-hydrogen) atoms. The summed E-state index contributed by atoms with van der Waals surface area (Å²) in [5.41, 5.74) is 0.959. The molecular formula is C16H23N3O2. The molecule has 0 aliphatic heterocycles. The van der Waals surface area contributed by atoms with Crippen LogP contribution in [0.15, 0.2) is 36.7 Å². The zero-order valence-electron chi connectivity index (χ0n) is 12.9. The Kier molecular flexibility index (Phi) is 5.63. The molecule has 0 fully saturated rings.